The van der Waals surface area contributed by atoms with Gasteiger partial charge in [0, 0.05) is 33.5 Å². The van der Waals surface area contributed by atoms with Crippen molar-refractivity contribution in [3.05, 3.63) is 205 Å². The van der Waals surface area contributed by atoms with Gasteiger partial charge >= 0.3 is 0 Å². The fourth-order valence-electron chi connectivity index (χ4n) is 7.75. The van der Waals surface area contributed by atoms with Gasteiger partial charge in [0.1, 0.15) is 0 Å². The van der Waals surface area contributed by atoms with Crippen molar-refractivity contribution in [3.63, 3.8) is 0 Å². The molecule has 9 rings (SSSR count). The van der Waals surface area contributed by atoms with Gasteiger partial charge in [-0.3, -0.25) is 0 Å². The summed E-state index contributed by atoms with van der Waals surface area (Å²) in [4.78, 5) is 2.32. The lowest BCUT2D eigenvalue weighted by Gasteiger charge is -2.26. The molecule has 0 saturated carbocycles. The van der Waals surface area contributed by atoms with E-state index in [1.165, 1.54) is 72.0 Å². The minimum atomic E-state index is 1.03. The molecule has 0 bridgehead atoms. The van der Waals surface area contributed by atoms with Crippen LogP contribution in [-0.2, 0) is 12.8 Å². The Bertz CT molecular complexity index is 2610. The zero-order chi connectivity index (χ0) is 36.4. The molecule has 0 N–H and O–H groups in total. The summed E-state index contributed by atoms with van der Waals surface area (Å²) in [6, 6.07) is 70.7. The zero-order valence-corrected chi connectivity index (χ0v) is 30.8. The first kappa shape index (κ1) is 33.2. The molecule has 0 saturated heterocycles. The number of rotatable bonds is 9. The first-order chi connectivity index (χ1) is 26.7. The van der Waals surface area contributed by atoms with E-state index in [9.17, 15) is 0 Å². The van der Waals surface area contributed by atoms with E-state index in [0.29, 0.717) is 0 Å². The number of hydrogen-bond donors (Lipinski definition) is 0. The van der Waals surface area contributed by atoms with Gasteiger partial charge in [0.25, 0.3) is 0 Å². The predicted molar refractivity (Wildman–Crippen MR) is 231 cm³/mol. The molecule has 0 amide bonds. The number of para-hydroxylation sites is 1. The van der Waals surface area contributed by atoms with Crippen LogP contribution in [0.15, 0.2) is 194 Å². The molecule has 0 aliphatic heterocycles. The summed E-state index contributed by atoms with van der Waals surface area (Å²) < 4.78 is 2.42. The molecule has 9 aromatic rings. The molecule has 54 heavy (non-hydrogen) atoms. The van der Waals surface area contributed by atoms with Crippen LogP contribution in [-0.4, -0.2) is 4.57 Å². The predicted octanol–water partition coefficient (Wildman–Crippen LogP) is 14.4. The minimum Gasteiger partial charge on any atom is -0.311 e. The topological polar surface area (TPSA) is 8.17 Å². The van der Waals surface area contributed by atoms with Gasteiger partial charge in [0.15, 0.2) is 0 Å². The van der Waals surface area contributed by atoms with Crippen molar-refractivity contribution in [1.82, 2.24) is 4.57 Å². The molecule has 8 aromatic carbocycles. The number of aromatic nitrogens is 1. The molecule has 0 atom stereocenters. The van der Waals surface area contributed by atoms with Crippen LogP contribution in [0, 0.1) is 0 Å². The largest absolute Gasteiger partial charge is 0.311 e. The summed E-state index contributed by atoms with van der Waals surface area (Å²) >= 11 is 0. The maximum atomic E-state index is 2.42. The van der Waals surface area contributed by atoms with Gasteiger partial charge in [-0.05, 0) is 130 Å². The van der Waals surface area contributed by atoms with Crippen molar-refractivity contribution in [1.29, 1.82) is 0 Å². The van der Waals surface area contributed by atoms with Gasteiger partial charge in [-0.25, -0.2) is 0 Å². The normalized spacial score (nSPS) is 11.3. The highest BCUT2D eigenvalue weighted by Gasteiger charge is 2.15. The number of aryl methyl sites for hydroxylation is 2. The first-order valence-electron chi connectivity index (χ1n) is 19.0. The lowest BCUT2D eigenvalue weighted by Crippen LogP contribution is -2.09. The van der Waals surface area contributed by atoms with Crippen LogP contribution < -0.4 is 4.90 Å². The SMILES string of the molecule is CCc1ccc2c(c1)c1cc(CC)ccc1n2-c1ccc(-c2ccc(-c3ccc(N(c4ccccc4)c4ccc(-c5ccccc5)cc4)cc3)cc2)cc1. The highest BCUT2D eigenvalue weighted by atomic mass is 15.1. The molecule has 1 heterocycles. The molecule has 260 valence electrons. The Balaban J connectivity index is 0.976. The fourth-order valence-corrected chi connectivity index (χ4v) is 7.75. The van der Waals surface area contributed by atoms with Crippen molar-refractivity contribution in [3.8, 4) is 39.1 Å². The first-order valence-corrected chi connectivity index (χ1v) is 19.0. The molecular formula is C52H42N2. The van der Waals surface area contributed by atoms with Gasteiger partial charge in [0.05, 0.1) is 11.0 Å². The third kappa shape index (κ3) is 6.27. The molecule has 2 nitrogen and oxygen atoms in total. The second kappa shape index (κ2) is 14.4. The van der Waals surface area contributed by atoms with Crippen LogP contribution in [0.1, 0.15) is 25.0 Å². The summed E-state index contributed by atoms with van der Waals surface area (Å²) in [5, 5.41) is 2.66. The van der Waals surface area contributed by atoms with Crippen LogP contribution in [0.3, 0.4) is 0 Å². The number of hydrogen-bond acceptors (Lipinski definition) is 1. The number of fused-ring (bicyclic) bond motifs is 3. The molecule has 0 radical (unpaired) electrons. The smallest absolute Gasteiger partial charge is 0.0541 e. The van der Waals surface area contributed by atoms with Crippen LogP contribution in [0.25, 0.3) is 60.9 Å². The zero-order valence-electron chi connectivity index (χ0n) is 30.8. The van der Waals surface area contributed by atoms with Gasteiger partial charge in [0.2, 0.25) is 0 Å². The molecule has 0 aliphatic carbocycles. The van der Waals surface area contributed by atoms with E-state index in [1.807, 2.05) is 0 Å². The summed E-state index contributed by atoms with van der Waals surface area (Å²) in [6.45, 7) is 4.46. The van der Waals surface area contributed by atoms with Gasteiger partial charge in [-0.15, -0.1) is 0 Å². The molecule has 0 aliphatic rings. The maximum absolute atomic E-state index is 2.42. The van der Waals surface area contributed by atoms with Crippen LogP contribution in [0.5, 0.6) is 0 Å². The van der Waals surface area contributed by atoms with Crippen LogP contribution in [0.2, 0.25) is 0 Å². The number of anilines is 3. The van der Waals surface area contributed by atoms with E-state index in [1.54, 1.807) is 0 Å². The summed E-state index contributed by atoms with van der Waals surface area (Å²) in [7, 11) is 0. The van der Waals surface area contributed by atoms with Crippen molar-refractivity contribution in [2.75, 3.05) is 4.90 Å². The van der Waals surface area contributed by atoms with Crippen molar-refractivity contribution < 1.29 is 0 Å². The summed E-state index contributed by atoms with van der Waals surface area (Å²) in [5.74, 6) is 0. The molecule has 0 spiro atoms. The lowest BCUT2D eigenvalue weighted by atomic mass is 9.99. The van der Waals surface area contributed by atoms with E-state index in [-0.39, 0.29) is 0 Å². The number of nitrogens with zero attached hydrogens (tertiary/aromatic N) is 2. The van der Waals surface area contributed by atoms with Crippen LogP contribution in [0.4, 0.5) is 17.1 Å². The fraction of sp³-hybridized carbons (Fsp3) is 0.0769. The highest BCUT2D eigenvalue weighted by Crippen LogP contribution is 2.38. The van der Waals surface area contributed by atoms with E-state index in [4.69, 9.17) is 0 Å². The average Bonchev–Trinajstić information content (AvgIpc) is 3.58. The lowest BCUT2D eigenvalue weighted by molar-refractivity contribution is 1.13. The second-order valence-electron chi connectivity index (χ2n) is 14.0. The maximum Gasteiger partial charge on any atom is 0.0541 e. The molecule has 0 fully saturated rings. The van der Waals surface area contributed by atoms with E-state index in [2.05, 4.69) is 217 Å². The van der Waals surface area contributed by atoms with Gasteiger partial charge in [-0.2, -0.15) is 0 Å². The summed E-state index contributed by atoms with van der Waals surface area (Å²) in [5.41, 5.74) is 17.0. The quantitative estimate of drug-likeness (QED) is 0.146. The number of benzene rings is 8. The van der Waals surface area contributed by atoms with Crippen molar-refractivity contribution in [2.24, 2.45) is 0 Å². The molecule has 0 unspecified atom stereocenters. The third-order valence-corrected chi connectivity index (χ3v) is 10.8. The Morgan fingerprint density at radius 2 is 0.704 bits per heavy atom. The average molecular weight is 695 g/mol. The molecule has 1 aromatic heterocycles. The van der Waals surface area contributed by atoms with Gasteiger partial charge < -0.3 is 9.47 Å². The second-order valence-corrected chi connectivity index (χ2v) is 14.0. The third-order valence-electron chi connectivity index (χ3n) is 10.8. The van der Waals surface area contributed by atoms with E-state index < -0.39 is 0 Å². The van der Waals surface area contributed by atoms with E-state index >= 15 is 0 Å². The monoisotopic (exact) mass is 694 g/mol. The highest BCUT2D eigenvalue weighted by molar-refractivity contribution is 6.09. The van der Waals surface area contributed by atoms with Crippen molar-refractivity contribution in [2.45, 2.75) is 26.7 Å². The van der Waals surface area contributed by atoms with Crippen LogP contribution >= 0.6 is 0 Å². The standard InChI is InChI=1S/C52H42N2/c1-3-37-15-33-51-49(35-37)50-36-38(4-2)16-34-52(50)54(51)48-31-25-44(26-32-48)41-19-17-40(18-20-41)43-23-29-47(30-24-43)53(45-13-9-6-10-14-45)46-27-21-42(22-28-46)39-11-7-5-8-12-39/h5-36H,3-4H2,1-2H3. The Morgan fingerprint density at radius 3 is 1.13 bits per heavy atom. The molecule has 2 heteroatoms. The van der Waals surface area contributed by atoms with Crippen molar-refractivity contribution >= 4 is 38.9 Å². The Hall–Kier alpha value is -6.64. The Kier molecular flexibility index (Phi) is 8.86. The minimum absolute atomic E-state index is 1.03. The molecular weight excluding hydrogens is 653 g/mol. The van der Waals surface area contributed by atoms with Gasteiger partial charge in [-0.1, -0.05) is 135 Å². The van der Waals surface area contributed by atoms with E-state index in [0.717, 1.165) is 29.9 Å². The Morgan fingerprint density at radius 1 is 0.352 bits per heavy atom. The Labute approximate surface area is 318 Å². The summed E-state index contributed by atoms with van der Waals surface area (Å²) in [6.07, 6.45) is 2.07.